The molecule has 0 unspecified atom stereocenters. The van der Waals surface area contributed by atoms with Crippen molar-refractivity contribution in [2.24, 2.45) is 5.92 Å². The van der Waals surface area contributed by atoms with Gasteiger partial charge in [-0.05, 0) is 89.4 Å². The average Bonchev–Trinajstić information content (AvgIpc) is 4.01. The van der Waals surface area contributed by atoms with Gasteiger partial charge in [-0.15, -0.1) is 0 Å². The first-order valence-electron chi connectivity index (χ1n) is 18.3. The summed E-state index contributed by atoms with van der Waals surface area (Å²) in [5, 5.41) is 0. The number of rotatable bonds is 6. The SMILES string of the molecule is CC(C)Cc1ccc(-c2c3nc(c(-c4ccccc4)c4ccc([nH]4)c(-c4ccccc4)c4nc(c(-c5ccccc5)c5[nH]c2CC5)C=C4)C=C3)cc1. The highest BCUT2D eigenvalue weighted by Gasteiger charge is 2.22. The molecule has 3 aliphatic rings. The lowest BCUT2D eigenvalue weighted by atomic mass is 9.96. The number of hydrogen-bond donors (Lipinski definition) is 2. The molecule has 0 fully saturated rings. The molecule has 9 rings (SSSR count). The fourth-order valence-corrected chi connectivity index (χ4v) is 7.83. The number of nitrogens with zero attached hydrogens (tertiary/aromatic N) is 2. The number of aryl methyl sites for hydroxylation is 2. The molecule has 2 aromatic heterocycles. The van der Waals surface area contributed by atoms with Crippen molar-refractivity contribution in [1.82, 2.24) is 19.9 Å². The van der Waals surface area contributed by atoms with Crippen LogP contribution in [0.15, 0.2) is 127 Å². The maximum Gasteiger partial charge on any atom is 0.0737 e. The third kappa shape index (κ3) is 5.96. The molecule has 3 aliphatic heterocycles. The number of H-pyrrole nitrogens is 2. The van der Waals surface area contributed by atoms with E-state index in [1.807, 2.05) is 0 Å². The molecule has 0 aliphatic carbocycles. The summed E-state index contributed by atoms with van der Waals surface area (Å²) in [5.41, 5.74) is 18.5. The third-order valence-electron chi connectivity index (χ3n) is 10.1. The maximum atomic E-state index is 5.45. The summed E-state index contributed by atoms with van der Waals surface area (Å²) in [4.78, 5) is 18.7. The van der Waals surface area contributed by atoms with Gasteiger partial charge >= 0.3 is 0 Å². The topological polar surface area (TPSA) is 57.4 Å². The Labute approximate surface area is 305 Å². The van der Waals surface area contributed by atoms with Gasteiger partial charge in [0.2, 0.25) is 0 Å². The summed E-state index contributed by atoms with van der Waals surface area (Å²) >= 11 is 0. The molecule has 0 atom stereocenters. The fraction of sp³-hybridized carbons (Fsp3) is 0.125. The van der Waals surface area contributed by atoms with Crippen molar-refractivity contribution >= 4 is 35.3 Å². The van der Waals surface area contributed by atoms with Gasteiger partial charge in [0.05, 0.1) is 22.8 Å². The van der Waals surface area contributed by atoms with Crippen molar-refractivity contribution in [2.45, 2.75) is 33.1 Å². The lowest BCUT2D eigenvalue weighted by Crippen LogP contribution is -1.95. The third-order valence-corrected chi connectivity index (χ3v) is 10.1. The van der Waals surface area contributed by atoms with Gasteiger partial charge < -0.3 is 9.97 Å². The zero-order chi connectivity index (χ0) is 35.0. The van der Waals surface area contributed by atoms with Crippen LogP contribution in [0.3, 0.4) is 0 Å². The van der Waals surface area contributed by atoms with Crippen LogP contribution in [0.1, 0.15) is 53.6 Å². The molecule has 4 heteroatoms. The van der Waals surface area contributed by atoms with E-state index in [-0.39, 0.29) is 0 Å². The molecule has 5 heterocycles. The highest BCUT2D eigenvalue weighted by molar-refractivity contribution is 5.96. The van der Waals surface area contributed by atoms with E-state index < -0.39 is 0 Å². The van der Waals surface area contributed by atoms with Gasteiger partial charge in [-0.25, -0.2) is 9.97 Å². The second-order valence-electron chi connectivity index (χ2n) is 14.2. The second kappa shape index (κ2) is 13.5. The number of hydrogen-bond acceptors (Lipinski definition) is 2. The molecule has 2 N–H and O–H groups in total. The van der Waals surface area contributed by atoms with Crippen LogP contribution in [0.25, 0.3) is 79.8 Å². The average molecular weight is 673 g/mol. The molecule has 4 aromatic carbocycles. The quantitative estimate of drug-likeness (QED) is 0.185. The largest absolute Gasteiger partial charge is 0.361 e. The van der Waals surface area contributed by atoms with Crippen LogP contribution in [0.4, 0.5) is 0 Å². The van der Waals surface area contributed by atoms with E-state index in [9.17, 15) is 0 Å². The van der Waals surface area contributed by atoms with Crippen molar-refractivity contribution in [3.8, 4) is 44.5 Å². The summed E-state index contributed by atoms with van der Waals surface area (Å²) < 4.78 is 0. The molecular weight excluding hydrogens is 633 g/mol. The second-order valence-corrected chi connectivity index (χ2v) is 14.2. The van der Waals surface area contributed by atoms with E-state index in [1.54, 1.807) is 0 Å². The molecule has 0 saturated heterocycles. The molecule has 0 radical (unpaired) electrons. The number of benzene rings is 4. The monoisotopic (exact) mass is 672 g/mol. The minimum absolute atomic E-state index is 0.600. The van der Waals surface area contributed by atoms with Crippen LogP contribution in [-0.2, 0) is 19.3 Å². The maximum absolute atomic E-state index is 5.45. The number of aromatic nitrogens is 4. The van der Waals surface area contributed by atoms with Gasteiger partial charge in [-0.2, -0.15) is 0 Å². The summed E-state index contributed by atoms with van der Waals surface area (Å²) in [7, 11) is 0. The summed E-state index contributed by atoms with van der Waals surface area (Å²) in [6.45, 7) is 4.55. The van der Waals surface area contributed by atoms with Crippen LogP contribution in [0.5, 0.6) is 0 Å². The first kappa shape index (κ1) is 31.7. The van der Waals surface area contributed by atoms with Crippen LogP contribution >= 0.6 is 0 Å². The van der Waals surface area contributed by atoms with Gasteiger partial charge in [0.25, 0.3) is 0 Å². The van der Waals surface area contributed by atoms with Crippen LogP contribution in [0.2, 0.25) is 0 Å². The standard InChI is InChI=1S/C48H40N4/c1-31(2)30-32-18-20-36(21-19-32)48-43-28-26-41(51-43)46(34-14-8-4-9-15-34)39-24-22-37(49-39)45(33-12-6-3-7-13-33)38-23-25-40(50-38)47(35-16-10-5-11-17-35)42-27-29-44(48)52-42/h3-26,28,31,49,52H,27,29-30H2,1-2H3. The zero-order valence-corrected chi connectivity index (χ0v) is 29.5. The Balaban J connectivity index is 1.42. The molecule has 0 saturated carbocycles. The van der Waals surface area contributed by atoms with E-state index in [4.69, 9.17) is 9.97 Å². The van der Waals surface area contributed by atoms with Crippen molar-refractivity contribution in [3.63, 3.8) is 0 Å². The van der Waals surface area contributed by atoms with Crippen molar-refractivity contribution in [3.05, 3.63) is 167 Å². The van der Waals surface area contributed by atoms with Crippen LogP contribution < -0.4 is 0 Å². The Morgan fingerprint density at radius 2 is 0.827 bits per heavy atom. The number of nitrogens with one attached hydrogen (secondary N) is 2. The molecule has 8 bridgehead atoms. The normalized spacial score (nSPS) is 12.8. The highest BCUT2D eigenvalue weighted by Crippen LogP contribution is 2.39. The van der Waals surface area contributed by atoms with E-state index in [0.29, 0.717) is 5.92 Å². The smallest absolute Gasteiger partial charge is 0.0737 e. The summed E-state index contributed by atoms with van der Waals surface area (Å²) in [5.74, 6) is 0.600. The summed E-state index contributed by atoms with van der Waals surface area (Å²) in [6.07, 6.45) is 11.5. The molecular formula is C48H40N4. The number of aromatic amines is 2. The first-order chi connectivity index (χ1) is 25.6. The Morgan fingerprint density at radius 1 is 0.442 bits per heavy atom. The Bertz CT molecular complexity index is 2530. The molecule has 52 heavy (non-hydrogen) atoms. The molecule has 252 valence electrons. The van der Waals surface area contributed by atoms with Crippen LogP contribution in [-0.4, -0.2) is 19.9 Å². The van der Waals surface area contributed by atoms with Crippen molar-refractivity contribution in [1.29, 1.82) is 0 Å². The van der Waals surface area contributed by atoms with E-state index in [1.165, 1.54) is 22.5 Å². The Kier molecular flexibility index (Phi) is 8.21. The molecule has 0 spiro atoms. The van der Waals surface area contributed by atoms with Crippen LogP contribution in [0, 0.1) is 5.92 Å². The lowest BCUT2D eigenvalue weighted by molar-refractivity contribution is 0.647. The van der Waals surface area contributed by atoms with Crippen molar-refractivity contribution < 1.29 is 0 Å². The lowest BCUT2D eigenvalue weighted by Gasteiger charge is -2.10. The Morgan fingerprint density at radius 3 is 1.25 bits per heavy atom. The van der Waals surface area contributed by atoms with Gasteiger partial charge in [-0.1, -0.05) is 129 Å². The number of fused-ring (bicyclic) bond motifs is 8. The molecule has 0 amide bonds. The van der Waals surface area contributed by atoms with Gasteiger partial charge in [0, 0.05) is 44.7 Å². The fourth-order valence-electron chi connectivity index (χ4n) is 7.83. The highest BCUT2D eigenvalue weighted by atomic mass is 14.8. The van der Waals surface area contributed by atoms with E-state index in [0.717, 1.165) is 92.0 Å². The van der Waals surface area contributed by atoms with E-state index >= 15 is 0 Å². The van der Waals surface area contributed by atoms with E-state index in [2.05, 4.69) is 176 Å². The minimum Gasteiger partial charge on any atom is -0.361 e. The first-order valence-corrected chi connectivity index (χ1v) is 18.3. The van der Waals surface area contributed by atoms with Gasteiger partial charge in [0.1, 0.15) is 0 Å². The predicted octanol–water partition coefficient (Wildman–Crippen LogP) is 12.0. The predicted molar refractivity (Wildman–Crippen MR) is 218 cm³/mol. The summed E-state index contributed by atoms with van der Waals surface area (Å²) in [6, 6.07) is 45.3. The Hall–Kier alpha value is -6.26. The molecule has 6 aromatic rings. The molecule has 4 nitrogen and oxygen atoms in total. The van der Waals surface area contributed by atoms with Crippen molar-refractivity contribution in [2.75, 3.05) is 0 Å². The zero-order valence-electron chi connectivity index (χ0n) is 29.5. The van der Waals surface area contributed by atoms with Gasteiger partial charge in [0.15, 0.2) is 0 Å². The minimum atomic E-state index is 0.600. The van der Waals surface area contributed by atoms with Gasteiger partial charge in [-0.3, -0.25) is 0 Å².